The third kappa shape index (κ3) is 5.18. The minimum absolute atomic E-state index is 0.336. The fourth-order valence-electron chi connectivity index (χ4n) is 1.53. The molecule has 21 heavy (non-hydrogen) atoms. The number of allylic oxidation sites excluding steroid dienone is 1. The Balaban J connectivity index is 2.66. The largest absolute Gasteiger partial charge is 0.493 e. The number of benzene rings is 1. The van der Waals surface area contributed by atoms with E-state index in [1.54, 1.807) is 12.1 Å². The van der Waals surface area contributed by atoms with E-state index in [0.717, 1.165) is 5.56 Å². The third-order valence-corrected chi connectivity index (χ3v) is 2.60. The number of rotatable bonds is 7. The predicted molar refractivity (Wildman–Crippen MR) is 77.9 cm³/mol. The number of carbonyl (C=O) groups is 2. The Morgan fingerprint density at radius 1 is 1.33 bits per heavy atom. The van der Waals surface area contributed by atoms with Crippen LogP contribution in [0.15, 0.2) is 24.3 Å². The van der Waals surface area contributed by atoms with E-state index in [9.17, 15) is 9.59 Å². The highest BCUT2D eigenvalue weighted by atomic mass is 16.6. The Kier molecular flexibility index (Phi) is 6.26. The van der Waals surface area contributed by atoms with Crippen LogP contribution in [0.4, 0.5) is 0 Å². The molecule has 0 aliphatic rings. The molecule has 0 aliphatic carbocycles. The molecule has 0 aliphatic heterocycles. The molecule has 1 aromatic carbocycles. The summed E-state index contributed by atoms with van der Waals surface area (Å²) in [5, 5.41) is 0. The Morgan fingerprint density at radius 3 is 2.62 bits per heavy atom. The van der Waals surface area contributed by atoms with E-state index in [1.807, 2.05) is 25.1 Å². The van der Waals surface area contributed by atoms with Crippen LogP contribution in [0, 0.1) is 0 Å². The lowest BCUT2D eigenvalue weighted by Crippen LogP contribution is -2.32. The monoisotopic (exact) mass is 293 g/mol. The second kappa shape index (κ2) is 7.94. The maximum atomic E-state index is 11.5. The van der Waals surface area contributed by atoms with Gasteiger partial charge in [-0.15, -0.1) is 0 Å². The number of primary amides is 1. The van der Waals surface area contributed by atoms with Gasteiger partial charge in [0.25, 0.3) is 5.91 Å². The predicted octanol–water partition coefficient (Wildman–Crippen LogP) is 1.52. The van der Waals surface area contributed by atoms with Gasteiger partial charge < -0.3 is 19.9 Å². The highest BCUT2D eigenvalue weighted by Crippen LogP contribution is 2.28. The Morgan fingerprint density at radius 2 is 2.05 bits per heavy atom. The zero-order chi connectivity index (χ0) is 15.8. The summed E-state index contributed by atoms with van der Waals surface area (Å²) in [6.45, 7) is 2.97. The molecule has 0 radical (unpaired) electrons. The second-order valence-electron chi connectivity index (χ2n) is 4.23. The summed E-state index contributed by atoms with van der Waals surface area (Å²) in [7, 11) is 1.51. The maximum Gasteiger partial charge on any atom is 0.344 e. The van der Waals surface area contributed by atoms with Crippen molar-refractivity contribution in [1.82, 2.24) is 0 Å². The van der Waals surface area contributed by atoms with Gasteiger partial charge in [0.15, 0.2) is 24.2 Å². The van der Waals surface area contributed by atoms with Gasteiger partial charge >= 0.3 is 5.97 Å². The van der Waals surface area contributed by atoms with Gasteiger partial charge in [-0.05, 0) is 31.5 Å². The fourth-order valence-corrected chi connectivity index (χ4v) is 1.53. The Labute approximate surface area is 123 Å². The van der Waals surface area contributed by atoms with E-state index in [2.05, 4.69) is 0 Å². The summed E-state index contributed by atoms with van der Waals surface area (Å²) in [4.78, 5) is 22.3. The fraction of sp³-hybridized carbons (Fsp3) is 0.333. The van der Waals surface area contributed by atoms with Crippen LogP contribution in [0.2, 0.25) is 0 Å². The number of hydrogen-bond acceptors (Lipinski definition) is 5. The van der Waals surface area contributed by atoms with Crippen LogP contribution in [0.1, 0.15) is 19.4 Å². The highest BCUT2D eigenvalue weighted by molar-refractivity contribution is 5.82. The molecule has 1 amide bonds. The average molecular weight is 293 g/mol. The van der Waals surface area contributed by atoms with E-state index < -0.39 is 18.0 Å². The molecule has 2 N–H and O–H groups in total. The van der Waals surface area contributed by atoms with Gasteiger partial charge in [-0.25, -0.2) is 4.79 Å². The lowest BCUT2D eigenvalue weighted by molar-refractivity contribution is -0.155. The molecule has 1 aromatic rings. The highest BCUT2D eigenvalue weighted by Gasteiger charge is 2.15. The van der Waals surface area contributed by atoms with Crippen molar-refractivity contribution < 1.29 is 23.8 Å². The van der Waals surface area contributed by atoms with E-state index in [1.165, 1.54) is 14.0 Å². The molecule has 114 valence electrons. The molecular formula is C15H19NO5. The van der Waals surface area contributed by atoms with Crippen LogP contribution < -0.4 is 15.2 Å². The van der Waals surface area contributed by atoms with Crippen molar-refractivity contribution in [1.29, 1.82) is 0 Å². The zero-order valence-electron chi connectivity index (χ0n) is 12.3. The SMILES string of the molecule is C/C=C/c1ccc(OCC(=O)OC(C)C(N)=O)c(OC)c1. The van der Waals surface area contributed by atoms with Gasteiger partial charge in [0.05, 0.1) is 7.11 Å². The molecule has 0 saturated heterocycles. The average Bonchev–Trinajstić information content (AvgIpc) is 2.45. The molecule has 6 heteroatoms. The van der Waals surface area contributed by atoms with Crippen molar-refractivity contribution in [2.24, 2.45) is 5.73 Å². The van der Waals surface area contributed by atoms with Crippen molar-refractivity contribution in [3.63, 3.8) is 0 Å². The van der Waals surface area contributed by atoms with E-state index in [4.69, 9.17) is 19.9 Å². The first-order chi connectivity index (χ1) is 9.97. The molecule has 1 rings (SSSR count). The van der Waals surface area contributed by atoms with Crippen LogP contribution in [0.25, 0.3) is 6.08 Å². The quantitative estimate of drug-likeness (QED) is 0.770. The molecule has 1 atom stereocenters. The Bertz CT molecular complexity index is 539. The summed E-state index contributed by atoms with van der Waals surface area (Å²) < 4.78 is 15.3. The lowest BCUT2D eigenvalue weighted by atomic mass is 10.2. The summed E-state index contributed by atoms with van der Waals surface area (Å²) in [5.41, 5.74) is 5.95. The summed E-state index contributed by atoms with van der Waals surface area (Å²) in [5.74, 6) is -0.478. The molecule has 0 saturated carbocycles. The van der Waals surface area contributed by atoms with E-state index in [-0.39, 0.29) is 6.61 Å². The molecule has 0 spiro atoms. The van der Waals surface area contributed by atoms with Gasteiger partial charge in [0.1, 0.15) is 0 Å². The number of esters is 1. The molecule has 0 fully saturated rings. The number of nitrogens with two attached hydrogens (primary N) is 1. The molecule has 0 aromatic heterocycles. The summed E-state index contributed by atoms with van der Waals surface area (Å²) in [6.07, 6.45) is 2.83. The number of hydrogen-bond donors (Lipinski definition) is 1. The van der Waals surface area contributed by atoms with Gasteiger partial charge in [0, 0.05) is 0 Å². The lowest BCUT2D eigenvalue weighted by Gasteiger charge is -2.12. The number of amides is 1. The third-order valence-electron chi connectivity index (χ3n) is 2.60. The molecule has 1 unspecified atom stereocenters. The summed E-state index contributed by atoms with van der Waals surface area (Å²) in [6, 6.07) is 5.31. The smallest absolute Gasteiger partial charge is 0.344 e. The van der Waals surface area contributed by atoms with Crippen molar-refractivity contribution in [2.45, 2.75) is 20.0 Å². The zero-order valence-corrected chi connectivity index (χ0v) is 12.3. The second-order valence-corrected chi connectivity index (χ2v) is 4.23. The van der Waals surface area contributed by atoms with Crippen LogP contribution in [0.5, 0.6) is 11.5 Å². The molecular weight excluding hydrogens is 274 g/mol. The standard InChI is InChI=1S/C15H19NO5/c1-4-5-11-6-7-12(13(8-11)19-3)20-9-14(17)21-10(2)15(16)18/h4-8,10H,9H2,1-3H3,(H2,16,18)/b5-4+. The van der Waals surface area contributed by atoms with E-state index in [0.29, 0.717) is 11.5 Å². The van der Waals surface area contributed by atoms with Gasteiger partial charge in [-0.3, -0.25) is 4.79 Å². The molecule has 0 heterocycles. The first-order valence-corrected chi connectivity index (χ1v) is 6.40. The van der Waals surface area contributed by atoms with Gasteiger partial charge in [-0.1, -0.05) is 18.2 Å². The topological polar surface area (TPSA) is 87.9 Å². The number of methoxy groups -OCH3 is 1. The number of carbonyl (C=O) groups excluding carboxylic acids is 2. The van der Waals surface area contributed by atoms with Crippen molar-refractivity contribution in [3.05, 3.63) is 29.8 Å². The maximum absolute atomic E-state index is 11.5. The van der Waals surface area contributed by atoms with Crippen LogP contribution in [-0.4, -0.2) is 31.7 Å². The summed E-state index contributed by atoms with van der Waals surface area (Å²) >= 11 is 0. The molecule has 6 nitrogen and oxygen atoms in total. The van der Waals surface area contributed by atoms with Crippen molar-refractivity contribution in [3.8, 4) is 11.5 Å². The molecule has 0 bridgehead atoms. The van der Waals surface area contributed by atoms with Gasteiger partial charge in [0.2, 0.25) is 0 Å². The van der Waals surface area contributed by atoms with Crippen molar-refractivity contribution in [2.75, 3.05) is 13.7 Å². The number of ether oxygens (including phenoxy) is 3. The van der Waals surface area contributed by atoms with Crippen LogP contribution >= 0.6 is 0 Å². The van der Waals surface area contributed by atoms with Gasteiger partial charge in [-0.2, -0.15) is 0 Å². The minimum Gasteiger partial charge on any atom is -0.493 e. The van der Waals surface area contributed by atoms with Crippen molar-refractivity contribution >= 4 is 18.0 Å². The Hall–Kier alpha value is -2.50. The van der Waals surface area contributed by atoms with E-state index >= 15 is 0 Å². The van der Waals surface area contributed by atoms with Crippen LogP contribution in [0.3, 0.4) is 0 Å². The first kappa shape index (κ1) is 16.6. The van der Waals surface area contributed by atoms with Crippen LogP contribution in [-0.2, 0) is 14.3 Å². The normalized spacial score (nSPS) is 12.0. The first-order valence-electron chi connectivity index (χ1n) is 6.40. The minimum atomic E-state index is -0.986.